The Morgan fingerprint density at radius 2 is 2.10 bits per heavy atom. The molecule has 114 valence electrons. The molecule has 0 radical (unpaired) electrons. The molecule has 3 N–H and O–H groups in total. The van der Waals surface area contributed by atoms with Gasteiger partial charge in [-0.25, -0.2) is 21.9 Å². The van der Waals surface area contributed by atoms with Gasteiger partial charge in [-0.1, -0.05) is 13.0 Å². The number of sulfonamides is 1. The Morgan fingerprint density at radius 3 is 2.70 bits per heavy atom. The third-order valence-electron chi connectivity index (χ3n) is 2.54. The zero-order valence-corrected chi connectivity index (χ0v) is 11.9. The van der Waals surface area contributed by atoms with Crippen LogP contribution in [0.4, 0.5) is 14.5 Å². The van der Waals surface area contributed by atoms with Crippen molar-refractivity contribution in [1.82, 2.24) is 4.72 Å². The number of anilines is 1. The molecule has 0 spiro atoms. The van der Waals surface area contributed by atoms with E-state index in [2.05, 4.69) is 9.46 Å². The first-order valence-corrected chi connectivity index (χ1v) is 7.59. The van der Waals surface area contributed by atoms with Gasteiger partial charge in [0.1, 0.15) is 6.61 Å². The molecule has 1 aromatic rings. The highest BCUT2D eigenvalue weighted by Crippen LogP contribution is 2.19. The zero-order chi connectivity index (χ0) is 15.2. The van der Waals surface area contributed by atoms with Crippen molar-refractivity contribution in [2.75, 3.05) is 25.5 Å². The van der Waals surface area contributed by atoms with Gasteiger partial charge in [0.05, 0.1) is 11.5 Å². The van der Waals surface area contributed by atoms with Gasteiger partial charge < -0.3 is 10.5 Å². The fourth-order valence-electron chi connectivity index (χ4n) is 1.61. The van der Waals surface area contributed by atoms with Crippen LogP contribution in [0.5, 0.6) is 0 Å². The van der Waals surface area contributed by atoms with Crippen molar-refractivity contribution in [2.45, 2.75) is 24.7 Å². The van der Waals surface area contributed by atoms with Gasteiger partial charge in [0.15, 0.2) is 0 Å². The predicted octanol–water partition coefficient (Wildman–Crippen LogP) is 1.39. The van der Waals surface area contributed by atoms with Crippen molar-refractivity contribution in [3.8, 4) is 0 Å². The summed E-state index contributed by atoms with van der Waals surface area (Å²) in [5.41, 5.74) is 6.57. The smallest absolute Gasteiger partial charge is 0.261 e. The van der Waals surface area contributed by atoms with E-state index in [0.29, 0.717) is 17.7 Å². The Kier molecular flexibility index (Phi) is 6.31. The first-order chi connectivity index (χ1) is 9.36. The Morgan fingerprint density at radius 1 is 1.40 bits per heavy atom. The van der Waals surface area contributed by atoms with Crippen LogP contribution in [0.2, 0.25) is 0 Å². The minimum absolute atomic E-state index is 0.0764. The Labute approximate surface area is 117 Å². The molecule has 5 nitrogen and oxygen atoms in total. The van der Waals surface area contributed by atoms with Crippen molar-refractivity contribution in [2.24, 2.45) is 0 Å². The third-order valence-corrected chi connectivity index (χ3v) is 4.09. The second kappa shape index (κ2) is 7.51. The number of alkyl halides is 2. The van der Waals surface area contributed by atoms with E-state index in [0.717, 1.165) is 0 Å². The second-order valence-electron chi connectivity index (χ2n) is 4.08. The molecule has 0 unspecified atom stereocenters. The number of hydrogen-bond acceptors (Lipinski definition) is 4. The highest BCUT2D eigenvalue weighted by atomic mass is 32.2. The largest absolute Gasteiger partial charge is 0.399 e. The van der Waals surface area contributed by atoms with E-state index in [9.17, 15) is 17.2 Å². The molecule has 0 bridgehead atoms. The molecule has 0 atom stereocenters. The van der Waals surface area contributed by atoms with Crippen molar-refractivity contribution in [3.63, 3.8) is 0 Å². The molecule has 0 aliphatic carbocycles. The molecule has 0 heterocycles. The summed E-state index contributed by atoms with van der Waals surface area (Å²) in [5, 5.41) is 0. The molecule has 1 rings (SSSR count). The van der Waals surface area contributed by atoms with Crippen LogP contribution in [0.15, 0.2) is 23.1 Å². The van der Waals surface area contributed by atoms with E-state index in [1.54, 1.807) is 12.1 Å². The molecular formula is C12H18F2N2O3S. The maximum absolute atomic E-state index is 12.1. The quantitative estimate of drug-likeness (QED) is 0.562. The summed E-state index contributed by atoms with van der Waals surface area (Å²) in [6.45, 7) is 0.927. The third kappa shape index (κ3) is 5.03. The molecule has 0 saturated heterocycles. The van der Waals surface area contributed by atoms with E-state index >= 15 is 0 Å². The van der Waals surface area contributed by atoms with Gasteiger partial charge in [0, 0.05) is 12.2 Å². The normalized spacial score (nSPS) is 12.0. The number of rotatable bonds is 8. The molecule has 1 aromatic carbocycles. The van der Waals surface area contributed by atoms with Crippen molar-refractivity contribution >= 4 is 15.7 Å². The lowest BCUT2D eigenvalue weighted by atomic mass is 10.1. The van der Waals surface area contributed by atoms with Crippen LogP contribution in [0.1, 0.15) is 12.5 Å². The summed E-state index contributed by atoms with van der Waals surface area (Å²) < 4.78 is 54.7. The highest BCUT2D eigenvalue weighted by molar-refractivity contribution is 7.89. The number of nitrogens with two attached hydrogens (primary N) is 1. The Hall–Kier alpha value is -1.25. The fraction of sp³-hybridized carbons (Fsp3) is 0.500. The van der Waals surface area contributed by atoms with Crippen molar-refractivity contribution in [1.29, 1.82) is 0 Å². The minimum Gasteiger partial charge on any atom is -0.399 e. The Bertz CT molecular complexity index is 536. The average molecular weight is 308 g/mol. The van der Waals surface area contributed by atoms with Crippen LogP contribution in [0.25, 0.3) is 0 Å². The first kappa shape index (κ1) is 16.8. The number of nitrogens with one attached hydrogen (secondary N) is 1. The van der Waals surface area contributed by atoms with Gasteiger partial charge >= 0.3 is 0 Å². The molecule has 0 saturated carbocycles. The van der Waals surface area contributed by atoms with Crippen LogP contribution in [0, 0.1) is 0 Å². The SMILES string of the molecule is CCc1ccc(N)cc1S(=O)(=O)NCCOCC(F)F. The lowest BCUT2D eigenvalue weighted by Crippen LogP contribution is -2.28. The molecule has 0 amide bonds. The number of hydrogen-bond donors (Lipinski definition) is 2. The van der Waals surface area contributed by atoms with Gasteiger partial charge in [-0.2, -0.15) is 0 Å². The average Bonchev–Trinajstić information content (AvgIpc) is 2.37. The summed E-state index contributed by atoms with van der Waals surface area (Å²) in [4.78, 5) is 0.105. The van der Waals surface area contributed by atoms with Crippen molar-refractivity contribution in [3.05, 3.63) is 23.8 Å². The van der Waals surface area contributed by atoms with Crippen LogP contribution in [-0.4, -0.2) is 34.6 Å². The number of benzene rings is 1. The van der Waals surface area contributed by atoms with Gasteiger partial charge in [0.25, 0.3) is 6.43 Å². The highest BCUT2D eigenvalue weighted by Gasteiger charge is 2.17. The number of ether oxygens (including phenoxy) is 1. The lowest BCUT2D eigenvalue weighted by molar-refractivity contribution is 0.0199. The monoisotopic (exact) mass is 308 g/mol. The van der Waals surface area contributed by atoms with Crippen LogP contribution >= 0.6 is 0 Å². The van der Waals surface area contributed by atoms with E-state index in [1.807, 2.05) is 6.92 Å². The lowest BCUT2D eigenvalue weighted by Gasteiger charge is -2.11. The number of aryl methyl sites for hydroxylation is 1. The van der Waals surface area contributed by atoms with Crippen molar-refractivity contribution < 1.29 is 21.9 Å². The fourth-order valence-corrected chi connectivity index (χ4v) is 2.97. The molecule has 0 fully saturated rings. The number of nitrogen functional groups attached to an aromatic ring is 1. The van der Waals surface area contributed by atoms with Gasteiger partial charge in [-0.05, 0) is 24.1 Å². The van der Waals surface area contributed by atoms with E-state index in [-0.39, 0.29) is 18.0 Å². The van der Waals surface area contributed by atoms with Gasteiger partial charge in [0.2, 0.25) is 10.0 Å². The number of halogens is 2. The topological polar surface area (TPSA) is 81.4 Å². The summed E-state index contributed by atoms with van der Waals surface area (Å²) in [5.74, 6) is 0. The molecule has 20 heavy (non-hydrogen) atoms. The molecule has 0 aliphatic rings. The molecule has 0 aliphatic heterocycles. The minimum atomic E-state index is -3.72. The van der Waals surface area contributed by atoms with Crippen LogP contribution < -0.4 is 10.5 Å². The molecule has 0 aromatic heterocycles. The summed E-state index contributed by atoms with van der Waals surface area (Å²) in [7, 11) is -3.72. The maximum atomic E-state index is 12.1. The van der Waals surface area contributed by atoms with E-state index in [1.165, 1.54) is 6.07 Å². The summed E-state index contributed by atoms with van der Waals surface area (Å²) in [6.07, 6.45) is -2.02. The summed E-state index contributed by atoms with van der Waals surface area (Å²) >= 11 is 0. The molecule has 8 heteroatoms. The van der Waals surface area contributed by atoms with Gasteiger partial charge in [-0.3, -0.25) is 0 Å². The Balaban J connectivity index is 2.67. The zero-order valence-electron chi connectivity index (χ0n) is 11.1. The molecular weight excluding hydrogens is 290 g/mol. The predicted molar refractivity (Wildman–Crippen MR) is 72.2 cm³/mol. The van der Waals surface area contributed by atoms with E-state index < -0.39 is 23.1 Å². The van der Waals surface area contributed by atoms with E-state index in [4.69, 9.17) is 5.73 Å². The standard InChI is InChI=1S/C12H18F2N2O3S/c1-2-9-3-4-10(15)7-11(9)20(17,18)16-5-6-19-8-12(13)14/h3-4,7,12,16H,2,5-6,8,15H2,1H3. The first-order valence-electron chi connectivity index (χ1n) is 6.10. The van der Waals surface area contributed by atoms with Gasteiger partial charge in [-0.15, -0.1) is 0 Å². The second-order valence-corrected chi connectivity index (χ2v) is 5.82. The summed E-state index contributed by atoms with van der Waals surface area (Å²) in [6, 6.07) is 4.65. The van der Waals surface area contributed by atoms with Crippen LogP contribution in [0.3, 0.4) is 0 Å². The maximum Gasteiger partial charge on any atom is 0.261 e. The van der Waals surface area contributed by atoms with Crippen LogP contribution in [-0.2, 0) is 21.2 Å².